The Morgan fingerprint density at radius 2 is 2.32 bits per heavy atom. The molecule has 0 amide bonds. The number of benzene rings is 1. The Hall–Kier alpha value is -1.77. The van der Waals surface area contributed by atoms with Crippen LogP contribution < -0.4 is 4.90 Å². The second-order valence-electron chi connectivity index (χ2n) is 5.00. The van der Waals surface area contributed by atoms with Crippen LogP contribution in [0.1, 0.15) is 37.3 Å². The molecule has 1 aromatic rings. The van der Waals surface area contributed by atoms with Crippen molar-refractivity contribution in [3.63, 3.8) is 0 Å². The molecular weight excluding hydrogens is 238 g/mol. The number of fused-ring (bicyclic) bond motifs is 1. The SMILES string of the molecule is CCCCN1CCCc2cc(/C=C/C(=O)O)ccc21. The first-order valence-electron chi connectivity index (χ1n) is 6.99. The number of unbranched alkanes of at least 4 members (excludes halogenated alkanes) is 1. The van der Waals surface area contributed by atoms with Gasteiger partial charge in [-0.1, -0.05) is 19.4 Å². The first kappa shape index (κ1) is 13.7. The summed E-state index contributed by atoms with van der Waals surface area (Å²) in [4.78, 5) is 13.0. The zero-order valence-corrected chi connectivity index (χ0v) is 11.4. The first-order chi connectivity index (χ1) is 9.20. The van der Waals surface area contributed by atoms with Crippen LogP contribution in [-0.2, 0) is 11.2 Å². The van der Waals surface area contributed by atoms with Gasteiger partial charge >= 0.3 is 5.97 Å². The summed E-state index contributed by atoms with van der Waals surface area (Å²) in [7, 11) is 0. The Balaban J connectivity index is 2.18. The van der Waals surface area contributed by atoms with E-state index in [9.17, 15) is 4.79 Å². The minimum Gasteiger partial charge on any atom is -0.478 e. The predicted molar refractivity (Wildman–Crippen MR) is 78.6 cm³/mol. The molecule has 1 heterocycles. The van der Waals surface area contributed by atoms with Crippen molar-refractivity contribution in [2.24, 2.45) is 0 Å². The molecule has 1 aromatic carbocycles. The van der Waals surface area contributed by atoms with Gasteiger partial charge in [-0.2, -0.15) is 0 Å². The van der Waals surface area contributed by atoms with Gasteiger partial charge in [0.1, 0.15) is 0 Å². The third-order valence-electron chi connectivity index (χ3n) is 3.52. The van der Waals surface area contributed by atoms with E-state index in [0.29, 0.717) is 0 Å². The van der Waals surface area contributed by atoms with Gasteiger partial charge < -0.3 is 10.0 Å². The standard InChI is InChI=1S/C16H21NO2/c1-2-3-10-17-11-4-5-14-12-13(6-8-15(14)17)7-9-16(18)19/h6-9,12H,2-5,10-11H2,1H3,(H,18,19)/b9-7+. The molecule has 0 spiro atoms. The fourth-order valence-corrected chi connectivity index (χ4v) is 2.55. The van der Waals surface area contributed by atoms with Crippen LogP contribution in [0.25, 0.3) is 6.08 Å². The van der Waals surface area contributed by atoms with Gasteiger partial charge in [0.15, 0.2) is 0 Å². The molecular formula is C16H21NO2. The van der Waals surface area contributed by atoms with Gasteiger partial charge in [-0.05, 0) is 48.6 Å². The highest BCUT2D eigenvalue weighted by atomic mass is 16.4. The lowest BCUT2D eigenvalue weighted by Gasteiger charge is -2.31. The molecule has 0 saturated heterocycles. The van der Waals surface area contributed by atoms with E-state index in [0.717, 1.165) is 25.1 Å². The molecule has 0 unspecified atom stereocenters. The molecule has 1 aliphatic heterocycles. The molecule has 102 valence electrons. The zero-order chi connectivity index (χ0) is 13.7. The Bertz CT molecular complexity index is 480. The van der Waals surface area contributed by atoms with E-state index in [1.165, 1.54) is 36.6 Å². The number of anilines is 1. The number of nitrogens with zero attached hydrogens (tertiary/aromatic N) is 1. The minimum absolute atomic E-state index is 0.901. The summed E-state index contributed by atoms with van der Waals surface area (Å²) >= 11 is 0. The summed E-state index contributed by atoms with van der Waals surface area (Å²) in [6.07, 6.45) is 7.56. The highest BCUT2D eigenvalue weighted by Crippen LogP contribution is 2.28. The van der Waals surface area contributed by atoms with Gasteiger partial charge in [0, 0.05) is 24.9 Å². The molecule has 0 atom stereocenters. The second-order valence-corrected chi connectivity index (χ2v) is 5.00. The Kier molecular flexibility index (Phi) is 4.61. The topological polar surface area (TPSA) is 40.5 Å². The lowest BCUT2D eigenvalue weighted by atomic mass is 9.98. The number of aliphatic carboxylic acids is 1. The van der Waals surface area contributed by atoms with Crippen molar-refractivity contribution in [3.05, 3.63) is 35.4 Å². The Morgan fingerprint density at radius 1 is 1.47 bits per heavy atom. The third kappa shape index (κ3) is 3.60. The second kappa shape index (κ2) is 6.41. The van der Waals surface area contributed by atoms with E-state index < -0.39 is 5.97 Å². The van der Waals surface area contributed by atoms with Gasteiger partial charge in [0.25, 0.3) is 0 Å². The van der Waals surface area contributed by atoms with Crippen LogP contribution in [0.5, 0.6) is 0 Å². The zero-order valence-electron chi connectivity index (χ0n) is 11.4. The van der Waals surface area contributed by atoms with Crippen LogP contribution in [0.3, 0.4) is 0 Å². The summed E-state index contributed by atoms with van der Waals surface area (Å²) in [5, 5.41) is 8.66. The van der Waals surface area contributed by atoms with Crippen molar-refractivity contribution >= 4 is 17.7 Å². The summed E-state index contributed by atoms with van der Waals surface area (Å²) in [6, 6.07) is 6.25. The molecule has 0 aromatic heterocycles. The predicted octanol–water partition coefficient (Wildman–Crippen LogP) is 3.34. The summed E-state index contributed by atoms with van der Waals surface area (Å²) < 4.78 is 0. The molecule has 0 radical (unpaired) electrons. The maximum absolute atomic E-state index is 10.5. The lowest BCUT2D eigenvalue weighted by molar-refractivity contribution is -0.131. The van der Waals surface area contributed by atoms with Gasteiger partial charge in [-0.3, -0.25) is 0 Å². The summed E-state index contributed by atoms with van der Waals surface area (Å²) in [5.74, 6) is -0.901. The average Bonchev–Trinajstić information content (AvgIpc) is 2.42. The molecule has 3 heteroatoms. The number of carboxylic acid groups (broad SMARTS) is 1. The molecule has 2 rings (SSSR count). The number of carbonyl (C=O) groups is 1. The molecule has 0 bridgehead atoms. The van der Waals surface area contributed by atoms with Crippen LogP contribution in [0.4, 0.5) is 5.69 Å². The van der Waals surface area contributed by atoms with E-state index in [1.807, 2.05) is 6.07 Å². The minimum atomic E-state index is -0.901. The van der Waals surface area contributed by atoms with Crippen LogP contribution in [0.2, 0.25) is 0 Å². The van der Waals surface area contributed by atoms with Crippen LogP contribution in [-0.4, -0.2) is 24.2 Å². The van der Waals surface area contributed by atoms with E-state index in [4.69, 9.17) is 5.11 Å². The van der Waals surface area contributed by atoms with Gasteiger partial charge in [-0.25, -0.2) is 4.79 Å². The van der Waals surface area contributed by atoms with Crippen LogP contribution in [0.15, 0.2) is 24.3 Å². The van der Waals surface area contributed by atoms with E-state index in [-0.39, 0.29) is 0 Å². The number of aryl methyl sites for hydroxylation is 1. The van der Waals surface area contributed by atoms with Gasteiger partial charge in [0.2, 0.25) is 0 Å². The van der Waals surface area contributed by atoms with Crippen LogP contribution >= 0.6 is 0 Å². The van der Waals surface area contributed by atoms with Crippen LogP contribution in [0, 0.1) is 0 Å². The van der Waals surface area contributed by atoms with Crippen molar-refractivity contribution in [3.8, 4) is 0 Å². The first-order valence-corrected chi connectivity index (χ1v) is 6.99. The van der Waals surface area contributed by atoms with Gasteiger partial charge in [0.05, 0.1) is 0 Å². The molecule has 0 saturated carbocycles. The number of rotatable bonds is 5. The maximum Gasteiger partial charge on any atom is 0.328 e. The fraction of sp³-hybridized carbons (Fsp3) is 0.438. The number of hydrogen-bond donors (Lipinski definition) is 1. The van der Waals surface area contributed by atoms with E-state index >= 15 is 0 Å². The highest BCUT2D eigenvalue weighted by Gasteiger charge is 2.16. The van der Waals surface area contributed by atoms with Gasteiger partial charge in [-0.15, -0.1) is 0 Å². The highest BCUT2D eigenvalue weighted by molar-refractivity contribution is 5.85. The number of carboxylic acids is 1. The third-order valence-corrected chi connectivity index (χ3v) is 3.52. The lowest BCUT2D eigenvalue weighted by Crippen LogP contribution is -2.30. The molecule has 0 aliphatic carbocycles. The Labute approximate surface area is 114 Å². The smallest absolute Gasteiger partial charge is 0.328 e. The quantitative estimate of drug-likeness (QED) is 0.824. The molecule has 3 nitrogen and oxygen atoms in total. The average molecular weight is 259 g/mol. The molecule has 1 aliphatic rings. The largest absolute Gasteiger partial charge is 0.478 e. The van der Waals surface area contributed by atoms with Crippen molar-refractivity contribution < 1.29 is 9.90 Å². The van der Waals surface area contributed by atoms with Crippen molar-refractivity contribution in [1.29, 1.82) is 0 Å². The number of hydrogen-bond acceptors (Lipinski definition) is 2. The molecule has 0 fully saturated rings. The Morgan fingerprint density at radius 3 is 3.05 bits per heavy atom. The van der Waals surface area contributed by atoms with Crippen molar-refractivity contribution in [2.45, 2.75) is 32.6 Å². The summed E-state index contributed by atoms with van der Waals surface area (Å²) in [5.41, 5.74) is 3.64. The summed E-state index contributed by atoms with van der Waals surface area (Å²) in [6.45, 7) is 4.47. The van der Waals surface area contributed by atoms with Crippen molar-refractivity contribution in [1.82, 2.24) is 0 Å². The molecule has 19 heavy (non-hydrogen) atoms. The van der Waals surface area contributed by atoms with Crippen molar-refractivity contribution in [2.75, 3.05) is 18.0 Å². The molecule has 1 N–H and O–H groups in total. The maximum atomic E-state index is 10.5. The van der Waals surface area contributed by atoms with E-state index in [2.05, 4.69) is 24.0 Å². The monoisotopic (exact) mass is 259 g/mol. The van der Waals surface area contributed by atoms with E-state index in [1.54, 1.807) is 6.08 Å². The fourth-order valence-electron chi connectivity index (χ4n) is 2.55. The normalized spacial score (nSPS) is 14.7.